The lowest BCUT2D eigenvalue weighted by Crippen LogP contribution is -2.39. The second-order valence-corrected chi connectivity index (χ2v) is 25.1. The van der Waals surface area contributed by atoms with Crippen LogP contribution in [0.4, 0.5) is 17.7 Å². The van der Waals surface area contributed by atoms with E-state index >= 15 is 0 Å². The third kappa shape index (κ3) is 11.6. The Hall–Kier alpha value is -4.01. The van der Waals surface area contributed by atoms with E-state index in [0.29, 0.717) is 11.2 Å². The van der Waals surface area contributed by atoms with Crippen LogP contribution < -0.4 is 43.6 Å². The van der Waals surface area contributed by atoms with Gasteiger partial charge in [-0.15, -0.1) is 0 Å². The Morgan fingerprint density at radius 1 is 0.765 bits per heavy atom. The number of ether oxygens (including phenoxy) is 3. The molecule has 0 spiro atoms. The average molecular weight is 1060 g/mol. The van der Waals surface area contributed by atoms with Crippen molar-refractivity contribution in [2.75, 3.05) is 43.6 Å². The van der Waals surface area contributed by atoms with Crippen molar-refractivity contribution in [3.05, 3.63) is 46.0 Å². The molecule has 2 aliphatic heterocycles. The summed E-state index contributed by atoms with van der Waals surface area (Å²) in [6, 6.07) is -1.99. The van der Waals surface area contributed by atoms with Gasteiger partial charge in [0.25, 0.3) is 11.1 Å². The lowest BCUT2D eigenvalue weighted by molar-refractivity contribution is -0.0433. The molecule has 6 aromatic heterocycles. The topological polar surface area (TPSA) is 412 Å². The number of nitrogens with zero attached hydrogens (tertiary/aromatic N) is 10. The molecule has 8 rings (SSSR count). The third-order valence-electron chi connectivity index (χ3n) is 10.4. The van der Waals surface area contributed by atoms with Crippen molar-refractivity contribution >= 4 is 108 Å². The van der Waals surface area contributed by atoms with Crippen LogP contribution in [0.15, 0.2) is 34.9 Å². The number of fused-ring (bicyclic) bond motifs is 3. The summed E-state index contributed by atoms with van der Waals surface area (Å²) >= 11 is 12.9. The van der Waals surface area contributed by atoms with E-state index < -0.39 is 94.0 Å². The van der Waals surface area contributed by atoms with Crippen LogP contribution in [0.1, 0.15) is 39.1 Å². The van der Waals surface area contributed by atoms with Crippen LogP contribution >= 0.6 is 56.9 Å². The lowest BCUT2D eigenvalue weighted by atomic mass is 10.1. The molecule has 0 radical (unpaired) electrons. The van der Waals surface area contributed by atoms with E-state index in [1.807, 2.05) is 0 Å². The van der Waals surface area contributed by atoms with Gasteiger partial charge in [-0.2, -0.15) is 9.97 Å². The summed E-state index contributed by atoms with van der Waals surface area (Å²) in [5.74, 6) is -0.178. The molecule has 0 aromatic carbocycles. The van der Waals surface area contributed by atoms with Crippen molar-refractivity contribution in [3.8, 4) is 0 Å². The summed E-state index contributed by atoms with van der Waals surface area (Å²) in [7, 11) is 0. The van der Waals surface area contributed by atoms with Gasteiger partial charge in [-0.3, -0.25) is 47.0 Å². The molecule has 36 heteroatoms. The van der Waals surface area contributed by atoms with E-state index in [-0.39, 0.29) is 72.3 Å². The Morgan fingerprint density at radius 2 is 1.29 bits per heavy atom. The highest BCUT2D eigenvalue weighted by molar-refractivity contribution is 8.46. The quantitative estimate of drug-likeness (QED) is 0.0351. The highest BCUT2D eigenvalue weighted by Gasteiger charge is 2.44. The van der Waals surface area contributed by atoms with Gasteiger partial charge in [0, 0.05) is 31.0 Å². The van der Waals surface area contributed by atoms with Gasteiger partial charge in [0.15, 0.2) is 33.8 Å². The molecular formula is C32H47N18O12P3S3. The van der Waals surface area contributed by atoms with Crippen LogP contribution in [0.3, 0.4) is 0 Å². The molecule has 0 bridgehead atoms. The second kappa shape index (κ2) is 20.4. The first-order valence-corrected chi connectivity index (χ1v) is 28.7. The van der Waals surface area contributed by atoms with Crippen LogP contribution in [0.25, 0.3) is 33.5 Å². The monoisotopic (exact) mass is 1060 g/mol. The smallest absolute Gasteiger partial charge is 0.323 e. The van der Waals surface area contributed by atoms with Gasteiger partial charge in [-0.05, 0) is 13.8 Å². The SMILES string of the molecule is CC(C)NP(=O)(S)OCC1OC(n2cnc3c(N)ncnc32)CC1NP(=O)(S)OCC1O[C@@H](n2cnc3c(=O)[nH]c(N)nc32)CC1NP(=O)(S)OCC(CO)OCn1cnc2c(=O)[nH]c(N)nc21. The molecule has 8 heterocycles. The Labute approximate surface area is 398 Å². The van der Waals surface area contributed by atoms with Gasteiger partial charge >= 0.3 is 20.2 Å². The molecule has 30 nitrogen and oxygen atoms in total. The maximum atomic E-state index is 14.3. The molecule has 0 saturated carbocycles. The normalized spacial score (nSPS) is 24.2. The second-order valence-electron chi connectivity index (χ2n) is 15.7. The average Bonchev–Trinajstić information content (AvgIpc) is 4.10. The number of hydrogen-bond acceptors (Lipinski definition) is 22. The molecule has 0 amide bonds. The molecule has 2 fully saturated rings. The standard InChI is InChI=1S/C32H47N18O12P3S3/c1-14(2)45-63(54,66)59-7-18-16(3-20(61-18)49-11-39-22-25(33)36-9-37-26(22)49)47-65(56,68)60-8-19-17(4-21(62-19)50-12-40-24-28(50)42-32(35)44-30(24)53)46-64(55,67)58-6-15(5-51)57-13-48-10-38-23-27(48)41-31(34)43-29(23)52/h9-12,14-21,51H,3-8,13H2,1-2H3,(H2,33,36,37)(H2,45,54,66)(H2,46,55,67)(H2,47,56,68)(H3,34,41,43,52)(H3,35,42,44,53)/t15?,16?,17?,18?,19?,20?,21-,63?,64?,65?/m1/s1. The minimum absolute atomic E-state index is 0.00760. The van der Waals surface area contributed by atoms with Gasteiger partial charge in [-0.25, -0.2) is 40.2 Å². The Morgan fingerprint density at radius 3 is 1.90 bits per heavy atom. The van der Waals surface area contributed by atoms with Crippen molar-refractivity contribution in [2.24, 2.45) is 0 Å². The van der Waals surface area contributed by atoms with E-state index in [0.717, 1.165) is 0 Å². The van der Waals surface area contributed by atoms with E-state index in [2.05, 4.69) is 96.9 Å². The molecule has 0 aliphatic carbocycles. The summed E-state index contributed by atoms with van der Waals surface area (Å²) in [5.41, 5.74) is 17.3. The number of aliphatic hydroxyl groups excluding tert-OH is 1. The Bertz CT molecular complexity index is 3070. The Kier molecular flexibility index (Phi) is 15.1. The van der Waals surface area contributed by atoms with Gasteiger partial charge in [0.1, 0.15) is 37.1 Å². The van der Waals surface area contributed by atoms with Crippen molar-refractivity contribution in [1.82, 2.24) is 73.8 Å². The Balaban J connectivity index is 0.973. The van der Waals surface area contributed by atoms with Crippen LogP contribution in [-0.2, 0) is 48.2 Å². The minimum atomic E-state index is -4.13. The van der Waals surface area contributed by atoms with Crippen molar-refractivity contribution < 1.29 is 46.6 Å². The zero-order valence-corrected chi connectivity index (χ0v) is 41.1. The summed E-state index contributed by atoms with van der Waals surface area (Å²) in [6.45, 7) is -10.3. The molecule has 370 valence electrons. The van der Waals surface area contributed by atoms with Gasteiger partial charge < -0.3 is 50.1 Å². The summed E-state index contributed by atoms with van der Waals surface area (Å²) in [5, 5.41) is 18.6. The maximum Gasteiger partial charge on any atom is 0.323 e. The predicted molar refractivity (Wildman–Crippen MR) is 254 cm³/mol. The zero-order valence-electron chi connectivity index (χ0n) is 35.7. The highest BCUT2D eigenvalue weighted by atomic mass is 32.7. The number of nitrogens with one attached hydrogen (secondary N) is 5. The van der Waals surface area contributed by atoms with Crippen molar-refractivity contribution in [3.63, 3.8) is 0 Å². The first-order chi connectivity index (χ1) is 32.2. The van der Waals surface area contributed by atoms with E-state index in [9.17, 15) is 28.4 Å². The number of aromatic nitrogens is 12. The fourth-order valence-electron chi connectivity index (χ4n) is 7.41. The van der Waals surface area contributed by atoms with Crippen molar-refractivity contribution in [2.45, 2.75) is 82.3 Å². The minimum Gasteiger partial charge on any atom is -0.394 e. The number of hydrogen-bond donors (Lipinski definition) is 12. The molecule has 12 N–H and O–H groups in total. The first kappa shape index (κ1) is 50.4. The van der Waals surface area contributed by atoms with E-state index in [1.165, 1.54) is 34.4 Å². The number of rotatable bonds is 21. The van der Waals surface area contributed by atoms with Crippen LogP contribution in [0, 0.1) is 0 Å². The number of H-pyrrole nitrogens is 2. The van der Waals surface area contributed by atoms with Crippen molar-refractivity contribution in [1.29, 1.82) is 0 Å². The van der Waals surface area contributed by atoms with Crippen LogP contribution in [0.2, 0.25) is 0 Å². The van der Waals surface area contributed by atoms with E-state index in [4.69, 9.17) is 45.0 Å². The summed E-state index contributed by atoms with van der Waals surface area (Å²) < 4.78 is 81.5. The highest BCUT2D eigenvalue weighted by Crippen LogP contribution is 2.53. The molecule has 9 unspecified atom stereocenters. The number of aromatic amines is 2. The first-order valence-electron chi connectivity index (χ1n) is 20.3. The predicted octanol–water partition coefficient (Wildman–Crippen LogP) is 0.827. The third-order valence-corrected chi connectivity index (χ3v) is 16.2. The molecule has 6 aromatic rings. The molecule has 68 heavy (non-hydrogen) atoms. The maximum absolute atomic E-state index is 14.3. The summed E-state index contributed by atoms with van der Waals surface area (Å²) in [6.07, 6.45) is 0.724. The number of nitrogens with two attached hydrogens (primary N) is 3. The number of thiol groups is 3. The van der Waals surface area contributed by atoms with Crippen LogP contribution in [-0.4, -0.2) is 127 Å². The molecule has 2 saturated heterocycles. The summed E-state index contributed by atoms with van der Waals surface area (Å²) in [4.78, 5) is 58.6. The number of anilines is 3. The lowest BCUT2D eigenvalue weighted by Gasteiger charge is -2.27. The number of aliphatic hydroxyl groups is 1. The fourth-order valence-corrected chi connectivity index (χ4v) is 12.9. The molecule has 10 atom stereocenters. The molecular weight excluding hydrogens is 1020 g/mol. The van der Waals surface area contributed by atoms with Gasteiger partial charge in [0.05, 0.1) is 57.6 Å². The van der Waals surface area contributed by atoms with Gasteiger partial charge in [-0.1, -0.05) is 36.7 Å². The zero-order chi connectivity index (χ0) is 48.7. The largest absolute Gasteiger partial charge is 0.394 e. The van der Waals surface area contributed by atoms with E-state index in [1.54, 1.807) is 18.4 Å². The number of nitrogen functional groups attached to an aromatic ring is 3. The van der Waals surface area contributed by atoms with Crippen LogP contribution in [0.5, 0.6) is 0 Å². The van der Waals surface area contributed by atoms with Gasteiger partial charge in [0.2, 0.25) is 11.9 Å². The fraction of sp³-hybridized carbons (Fsp3) is 0.531. The number of imidazole rings is 3. The molecule has 2 aliphatic rings.